The first-order chi connectivity index (χ1) is 24.9. The monoisotopic (exact) mass is 745 g/mol. The van der Waals surface area contributed by atoms with Crippen molar-refractivity contribution in [3.8, 4) is 0 Å². The van der Waals surface area contributed by atoms with Gasteiger partial charge in [-0.2, -0.15) is 0 Å². The summed E-state index contributed by atoms with van der Waals surface area (Å²) in [7, 11) is 0. The molecule has 0 bridgehead atoms. The number of hydrogen-bond acceptors (Lipinski definition) is 11. The number of carboxylic acid groups (broad SMARTS) is 1. The molecule has 1 aromatic rings. The Hall–Kier alpha value is -6.01. The van der Waals surface area contributed by atoms with Crippen LogP contribution in [0.5, 0.6) is 0 Å². The Kier molecular flexibility index (Phi) is 16.9. The van der Waals surface area contributed by atoms with E-state index in [1.54, 1.807) is 27.7 Å². The van der Waals surface area contributed by atoms with Crippen molar-refractivity contribution >= 4 is 59.3 Å². The molecule has 0 saturated carbocycles. The van der Waals surface area contributed by atoms with E-state index >= 15 is 0 Å². The van der Waals surface area contributed by atoms with Gasteiger partial charge in [0, 0.05) is 44.3 Å². The van der Waals surface area contributed by atoms with Gasteiger partial charge >= 0.3 is 18.2 Å². The minimum atomic E-state index is -1.49. The van der Waals surface area contributed by atoms with E-state index < -0.39 is 89.7 Å². The van der Waals surface area contributed by atoms with Gasteiger partial charge in [-0.1, -0.05) is 39.8 Å². The van der Waals surface area contributed by atoms with Crippen LogP contribution in [-0.2, 0) is 49.6 Å². The third-order valence-corrected chi connectivity index (χ3v) is 7.75. The molecule has 4 atom stereocenters. The summed E-state index contributed by atoms with van der Waals surface area (Å²) >= 11 is 0. The topological polar surface area (TPSA) is 282 Å². The lowest BCUT2D eigenvalue weighted by atomic mass is 9.99. The van der Waals surface area contributed by atoms with Crippen LogP contribution in [0.25, 0.3) is 0 Å². The Morgan fingerprint density at radius 2 is 1.47 bits per heavy atom. The SMILES string of the molecule is CC(=O)N[C@H](C(=O)O)[C@H](OC(=O)OCc1ccc(NC(=O)[C@H](CCCNC(N)=O)NC(=O)[C@@H](NC(=O)CCN2C(=O)C=CC2=O)C(C)C)cc1)C(C)C. The predicted octanol–water partition coefficient (Wildman–Crippen LogP) is 0.281. The Bertz CT molecular complexity index is 1540. The van der Waals surface area contributed by atoms with Gasteiger partial charge in [0.1, 0.15) is 24.8 Å². The van der Waals surface area contributed by atoms with Crippen molar-refractivity contribution < 1.29 is 57.7 Å². The molecule has 290 valence electrons. The number of carbonyl (C=O) groups excluding carboxylic acids is 8. The molecule has 1 aromatic carbocycles. The number of anilines is 1. The van der Waals surface area contributed by atoms with Crippen LogP contribution in [0.2, 0.25) is 0 Å². The number of benzene rings is 1. The van der Waals surface area contributed by atoms with Gasteiger partial charge in [0.25, 0.3) is 11.8 Å². The number of nitrogens with one attached hydrogen (secondary N) is 5. The molecule has 0 unspecified atom stereocenters. The summed E-state index contributed by atoms with van der Waals surface area (Å²) in [6.45, 7) is 7.38. The average Bonchev–Trinajstić information content (AvgIpc) is 3.40. The van der Waals surface area contributed by atoms with Crippen molar-refractivity contribution in [2.45, 2.75) is 84.7 Å². The van der Waals surface area contributed by atoms with Gasteiger partial charge in [-0.05, 0) is 42.4 Å². The average molecular weight is 746 g/mol. The van der Waals surface area contributed by atoms with Crippen LogP contribution in [0.15, 0.2) is 36.4 Å². The Morgan fingerprint density at radius 3 is 2.00 bits per heavy atom. The van der Waals surface area contributed by atoms with Crippen LogP contribution < -0.4 is 32.3 Å². The molecule has 0 spiro atoms. The van der Waals surface area contributed by atoms with Crippen LogP contribution in [0.1, 0.15) is 59.4 Å². The van der Waals surface area contributed by atoms with E-state index in [0.29, 0.717) is 11.3 Å². The van der Waals surface area contributed by atoms with Gasteiger partial charge in [0.15, 0.2) is 6.04 Å². The highest BCUT2D eigenvalue weighted by Crippen LogP contribution is 2.16. The number of aliphatic carboxylic acids is 1. The summed E-state index contributed by atoms with van der Waals surface area (Å²) in [4.78, 5) is 111. The van der Waals surface area contributed by atoms with E-state index in [4.69, 9.17) is 15.2 Å². The third kappa shape index (κ3) is 14.6. The number of ether oxygens (including phenoxy) is 2. The van der Waals surface area contributed by atoms with Crippen molar-refractivity contribution in [1.82, 2.24) is 26.2 Å². The second kappa shape index (κ2) is 20.7. The van der Waals surface area contributed by atoms with E-state index in [9.17, 15) is 48.3 Å². The molecule has 19 nitrogen and oxygen atoms in total. The molecule has 0 aliphatic carbocycles. The van der Waals surface area contributed by atoms with Crippen molar-refractivity contribution in [1.29, 1.82) is 0 Å². The van der Waals surface area contributed by atoms with Gasteiger partial charge in [-0.3, -0.25) is 33.7 Å². The molecular formula is C34H47N7O12. The van der Waals surface area contributed by atoms with Crippen LogP contribution >= 0.6 is 0 Å². The normalized spacial score (nSPS) is 14.5. The molecule has 19 heteroatoms. The molecule has 0 fully saturated rings. The van der Waals surface area contributed by atoms with Crippen molar-refractivity contribution in [3.63, 3.8) is 0 Å². The van der Waals surface area contributed by atoms with E-state index in [1.807, 2.05) is 0 Å². The quantitative estimate of drug-likeness (QED) is 0.0539. The number of carboxylic acids is 1. The zero-order chi connectivity index (χ0) is 39.8. The van der Waals surface area contributed by atoms with E-state index in [0.717, 1.165) is 24.0 Å². The summed E-state index contributed by atoms with van der Waals surface area (Å²) in [5.41, 5.74) is 5.91. The summed E-state index contributed by atoms with van der Waals surface area (Å²) in [5, 5.41) is 22.1. The Balaban J connectivity index is 2.05. The Labute approximate surface area is 305 Å². The van der Waals surface area contributed by atoms with Gasteiger partial charge in [0.2, 0.25) is 23.6 Å². The maximum atomic E-state index is 13.4. The lowest BCUT2D eigenvalue weighted by molar-refractivity contribution is -0.146. The largest absolute Gasteiger partial charge is 0.508 e. The summed E-state index contributed by atoms with van der Waals surface area (Å²) < 4.78 is 10.3. The molecule has 1 heterocycles. The van der Waals surface area contributed by atoms with Gasteiger partial charge in [-0.15, -0.1) is 0 Å². The first-order valence-electron chi connectivity index (χ1n) is 16.8. The third-order valence-electron chi connectivity index (χ3n) is 7.75. The number of imide groups is 1. The number of amides is 8. The Morgan fingerprint density at radius 1 is 0.849 bits per heavy atom. The van der Waals surface area contributed by atoms with Crippen molar-refractivity contribution in [2.75, 3.05) is 18.4 Å². The first kappa shape index (κ1) is 43.2. The molecule has 8 amide bonds. The lowest BCUT2D eigenvalue weighted by Crippen LogP contribution is -2.54. The van der Waals surface area contributed by atoms with Crippen LogP contribution in [0.4, 0.5) is 15.3 Å². The molecule has 1 aliphatic rings. The molecule has 1 aliphatic heterocycles. The van der Waals surface area contributed by atoms with E-state index in [-0.39, 0.29) is 39.0 Å². The second-order valence-electron chi connectivity index (χ2n) is 12.8. The zero-order valence-corrected chi connectivity index (χ0v) is 30.1. The number of nitrogens with two attached hydrogens (primary N) is 1. The van der Waals surface area contributed by atoms with Gasteiger partial charge in [0.05, 0.1) is 0 Å². The molecular weight excluding hydrogens is 698 g/mol. The highest BCUT2D eigenvalue weighted by atomic mass is 16.7. The van der Waals surface area contributed by atoms with Crippen LogP contribution in [0.3, 0.4) is 0 Å². The summed E-state index contributed by atoms with van der Waals surface area (Å²) in [6, 6.07) is 1.62. The number of primary amides is 1. The van der Waals surface area contributed by atoms with E-state index in [2.05, 4.69) is 26.6 Å². The molecule has 0 aromatic heterocycles. The predicted molar refractivity (Wildman–Crippen MR) is 186 cm³/mol. The highest BCUT2D eigenvalue weighted by molar-refractivity contribution is 6.13. The molecule has 2 rings (SSSR count). The fourth-order valence-electron chi connectivity index (χ4n) is 4.99. The maximum absolute atomic E-state index is 13.4. The summed E-state index contributed by atoms with van der Waals surface area (Å²) in [5.74, 6) is -5.88. The smallest absolute Gasteiger partial charge is 0.480 e. The second-order valence-corrected chi connectivity index (χ2v) is 12.8. The standard InChI is InChI=1S/C34H47N7O12/c1-18(2)27(40-24(43)14-16-41-25(44)12-13-26(41)45)31(47)39-23(7-6-15-36-33(35)50)30(46)38-22-10-8-21(9-11-22)17-52-34(51)53-29(19(3)4)28(32(48)49)37-20(5)42/h8-13,18-19,23,27-29H,6-7,14-17H2,1-5H3,(H,37,42)(H,38,46)(H,39,47)(H,40,43)(H,48,49)(H3,35,36,50)/t23-,27-,28-,29+/m0/s1. The number of hydrogen-bond donors (Lipinski definition) is 7. The first-order valence-corrected chi connectivity index (χ1v) is 16.8. The highest BCUT2D eigenvalue weighted by Gasteiger charge is 2.35. The molecule has 0 radical (unpaired) electrons. The number of carbonyl (C=O) groups is 9. The van der Waals surface area contributed by atoms with Crippen LogP contribution in [0, 0.1) is 11.8 Å². The number of rotatable bonds is 20. The molecule has 8 N–H and O–H groups in total. The molecule has 53 heavy (non-hydrogen) atoms. The zero-order valence-electron chi connectivity index (χ0n) is 30.1. The fourth-order valence-corrected chi connectivity index (χ4v) is 4.99. The number of nitrogens with zero attached hydrogens (tertiary/aromatic N) is 1. The van der Waals surface area contributed by atoms with Crippen molar-refractivity contribution in [3.05, 3.63) is 42.0 Å². The van der Waals surface area contributed by atoms with Crippen molar-refractivity contribution in [2.24, 2.45) is 17.6 Å². The summed E-state index contributed by atoms with van der Waals surface area (Å²) in [6.07, 6.45) is -0.120. The minimum absolute atomic E-state index is 0.0683. The maximum Gasteiger partial charge on any atom is 0.508 e. The minimum Gasteiger partial charge on any atom is -0.480 e. The lowest BCUT2D eigenvalue weighted by Gasteiger charge is -2.27. The van der Waals surface area contributed by atoms with Gasteiger partial charge < -0.3 is 46.9 Å². The van der Waals surface area contributed by atoms with E-state index in [1.165, 1.54) is 24.3 Å². The van der Waals surface area contributed by atoms with Gasteiger partial charge in [-0.25, -0.2) is 14.4 Å². The molecule has 0 saturated heterocycles. The number of urea groups is 1. The van der Waals surface area contributed by atoms with Crippen LogP contribution in [-0.4, -0.2) is 101 Å². The fraction of sp³-hybridized carbons (Fsp3) is 0.500.